The number of rotatable bonds is 0. The summed E-state index contributed by atoms with van der Waals surface area (Å²) in [5.41, 5.74) is 5.16. The van der Waals surface area contributed by atoms with E-state index in [-0.39, 0.29) is 0 Å². The molecule has 0 N–H and O–H groups in total. The molecule has 0 aliphatic heterocycles. The molecule has 0 saturated carbocycles. The van der Waals surface area contributed by atoms with E-state index in [0.717, 1.165) is 22.3 Å². The van der Waals surface area contributed by atoms with Crippen molar-refractivity contribution in [3.63, 3.8) is 0 Å². The fourth-order valence-corrected chi connectivity index (χ4v) is 1.55. The van der Waals surface area contributed by atoms with Crippen LogP contribution in [-0.4, -0.2) is 0 Å². The summed E-state index contributed by atoms with van der Waals surface area (Å²) in [4.78, 5) is 6.88. The topological polar surface area (TPSA) is 8.72 Å². The van der Waals surface area contributed by atoms with E-state index in [9.17, 15) is 0 Å². The van der Waals surface area contributed by atoms with Crippen molar-refractivity contribution in [1.29, 1.82) is 0 Å². The van der Waals surface area contributed by atoms with Gasteiger partial charge >= 0.3 is 0 Å². The van der Waals surface area contributed by atoms with Crippen molar-refractivity contribution in [2.75, 3.05) is 0 Å². The molecular formula is C12H12N2. The lowest BCUT2D eigenvalue weighted by Crippen LogP contribution is -1.91. The molecule has 0 aromatic heterocycles. The van der Waals surface area contributed by atoms with Crippen LogP contribution in [0.25, 0.3) is 9.69 Å². The first kappa shape index (κ1) is 10.3. The molecule has 0 aliphatic rings. The van der Waals surface area contributed by atoms with Crippen molar-refractivity contribution >= 4 is 11.4 Å². The Kier molecular flexibility index (Phi) is 2.58. The predicted octanol–water partition coefficient (Wildman–Crippen LogP) is 4.02. The summed E-state index contributed by atoms with van der Waals surface area (Å²) >= 11 is 0. The molecule has 0 fully saturated rings. The first-order chi connectivity index (χ1) is 6.54. The SMILES string of the molecule is [C-]#[N+]c1c(C)c(C)c(C)c(C)c1[N+]#[C-]. The molecule has 0 saturated heterocycles. The molecule has 0 atom stereocenters. The van der Waals surface area contributed by atoms with Crippen LogP contribution in [0.15, 0.2) is 0 Å². The highest BCUT2D eigenvalue weighted by Crippen LogP contribution is 2.39. The lowest BCUT2D eigenvalue weighted by Gasteiger charge is -2.12. The standard InChI is InChI=1S/C12H12N2/c1-7-8(2)10(4)12(14-6)11(13-5)9(7)3/h1-4H3. The average molecular weight is 184 g/mol. The molecule has 1 rings (SSSR count). The van der Waals surface area contributed by atoms with E-state index in [2.05, 4.69) is 9.69 Å². The maximum Gasteiger partial charge on any atom is 0.198 e. The summed E-state index contributed by atoms with van der Waals surface area (Å²) in [6, 6.07) is 0. The highest BCUT2D eigenvalue weighted by atomic mass is 14.8. The highest BCUT2D eigenvalue weighted by Gasteiger charge is 2.14. The Labute approximate surface area is 84.8 Å². The van der Waals surface area contributed by atoms with Gasteiger partial charge in [-0.25, -0.2) is 9.69 Å². The zero-order valence-corrected chi connectivity index (χ0v) is 8.89. The Morgan fingerprint density at radius 1 is 0.643 bits per heavy atom. The second-order valence-electron chi connectivity index (χ2n) is 3.42. The molecule has 2 nitrogen and oxygen atoms in total. The van der Waals surface area contributed by atoms with Crippen molar-refractivity contribution in [3.05, 3.63) is 45.1 Å². The second kappa shape index (κ2) is 3.52. The number of nitrogens with zero attached hydrogens (tertiary/aromatic N) is 2. The minimum atomic E-state index is 0.514. The van der Waals surface area contributed by atoms with E-state index in [1.165, 1.54) is 0 Å². The van der Waals surface area contributed by atoms with Crippen molar-refractivity contribution in [2.45, 2.75) is 27.7 Å². The number of hydrogen-bond acceptors (Lipinski definition) is 0. The molecule has 0 amide bonds. The molecule has 14 heavy (non-hydrogen) atoms. The van der Waals surface area contributed by atoms with Crippen LogP contribution >= 0.6 is 0 Å². The maximum atomic E-state index is 7.07. The Morgan fingerprint density at radius 2 is 0.929 bits per heavy atom. The second-order valence-corrected chi connectivity index (χ2v) is 3.42. The third kappa shape index (κ3) is 1.26. The maximum absolute atomic E-state index is 7.07. The van der Waals surface area contributed by atoms with E-state index in [4.69, 9.17) is 13.1 Å². The summed E-state index contributed by atoms with van der Waals surface area (Å²) < 4.78 is 0. The molecule has 2 heteroatoms. The lowest BCUT2D eigenvalue weighted by molar-refractivity contribution is 1.23. The lowest BCUT2D eigenvalue weighted by atomic mass is 9.96. The highest BCUT2D eigenvalue weighted by molar-refractivity contribution is 5.80. The van der Waals surface area contributed by atoms with Crippen LogP contribution in [0.1, 0.15) is 22.3 Å². The van der Waals surface area contributed by atoms with Crippen LogP contribution in [-0.2, 0) is 0 Å². The van der Waals surface area contributed by atoms with Gasteiger partial charge in [0.2, 0.25) is 0 Å². The summed E-state index contributed by atoms with van der Waals surface area (Å²) in [7, 11) is 0. The summed E-state index contributed by atoms with van der Waals surface area (Å²) in [6.45, 7) is 22.0. The number of benzene rings is 1. The minimum absolute atomic E-state index is 0.514. The van der Waals surface area contributed by atoms with Gasteiger partial charge in [-0.3, -0.25) is 0 Å². The predicted molar refractivity (Wildman–Crippen MR) is 57.9 cm³/mol. The summed E-state index contributed by atoms with van der Waals surface area (Å²) in [6.07, 6.45) is 0. The van der Waals surface area contributed by atoms with E-state index < -0.39 is 0 Å². The molecule has 0 heterocycles. The van der Waals surface area contributed by atoms with Crippen molar-refractivity contribution in [1.82, 2.24) is 0 Å². The van der Waals surface area contributed by atoms with Gasteiger partial charge in [-0.2, -0.15) is 0 Å². The van der Waals surface area contributed by atoms with Gasteiger partial charge in [0.05, 0.1) is 13.1 Å². The van der Waals surface area contributed by atoms with Gasteiger partial charge in [0, 0.05) is 0 Å². The average Bonchev–Trinajstić information content (AvgIpc) is 2.20. The van der Waals surface area contributed by atoms with Crippen LogP contribution in [0.4, 0.5) is 11.4 Å². The van der Waals surface area contributed by atoms with Gasteiger partial charge in [0.25, 0.3) is 0 Å². The fourth-order valence-electron chi connectivity index (χ4n) is 1.55. The zero-order valence-electron chi connectivity index (χ0n) is 8.89. The molecule has 1 aromatic rings. The first-order valence-corrected chi connectivity index (χ1v) is 4.39. The normalized spacial score (nSPS) is 9.29. The first-order valence-electron chi connectivity index (χ1n) is 4.39. The third-order valence-corrected chi connectivity index (χ3v) is 2.85. The van der Waals surface area contributed by atoms with E-state index in [1.807, 2.05) is 27.7 Å². The Balaban J connectivity index is 3.79. The van der Waals surface area contributed by atoms with E-state index in [1.54, 1.807) is 0 Å². The summed E-state index contributed by atoms with van der Waals surface area (Å²) in [5.74, 6) is 0. The zero-order chi connectivity index (χ0) is 10.9. The molecule has 0 unspecified atom stereocenters. The third-order valence-electron chi connectivity index (χ3n) is 2.85. The molecule has 0 bridgehead atoms. The van der Waals surface area contributed by atoms with Gasteiger partial charge in [-0.05, 0) is 13.8 Å². The molecule has 0 spiro atoms. The molecule has 70 valence electrons. The molecule has 0 radical (unpaired) electrons. The fraction of sp³-hybridized carbons (Fsp3) is 0.333. The van der Waals surface area contributed by atoms with Crippen molar-refractivity contribution in [3.8, 4) is 0 Å². The number of hydrogen-bond donors (Lipinski definition) is 0. The van der Waals surface area contributed by atoms with Crippen LogP contribution in [0.5, 0.6) is 0 Å². The van der Waals surface area contributed by atoms with Crippen molar-refractivity contribution < 1.29 is 0 Å². The largest absolute Gasteiger partial charge is 0.250 e. The van der Waals surface area contributed by atoms with Gasteiger partial charge < -0.3 is 0 Å². The van der Waals surface area contributed by atoms with Gasteiger partial charge in [0.15, 0.2) is 11.4 Å². The minimum Gasteiger partial charge on any atom is -0.250 e. The van der Waals surface area contributed by atoms with Crippen molar-refractivity contribution in [2.24, 2.45) is 0 Å². The monoisotopic (exact) mass is 184 g/mol. The van der Waals surface area contributed by atoms with Gasteiger partial charge in [0.1, 0.15) is 0 Å². The van der Waals surface area contributed by atoms with Gasteiger partial charge in [-0.15, -0.1) is 0 Å². The smallest absolute Gasteiger partial charge is 0.198 e. The van der Waals surface area contributed by atoms with Crippen LogP contribution in [0.2, 0.25) is 0 Å². The molecule has 1 aromatic carbocycles. The molecular weight excluding hydrogens is 172 g/mol. The Bertz CT molecular complexity index is 426. The van der Waals surface area contributed by atoms with Crippen LogP contribution in [0.3, 0.4) is 0 Å². The van der Waals surface area contributed by atoms with E-state index in [0.29, 0.717) is 11.4 Å². The Morgan fingerprint density at radius 3 is 1.14 bits per heavy atom. The van der Waals surface area contributed by atoms with Crippen LogP contribution in [0, 0.1) is 40.8 Å². The summed E-state index contributed by atoms with van der Waals surface area (Å²) in [5, 5.41) is 0. The molecule has 0 aliphatic carbocycles. The van der Waals surface area contributed by atoms with E-state index >= 15 is 0 Å². The Hall–Kier alpha value is -1.80. The van der Waals surface area contributed by atoms with Gasteiger partial charge in [-0.1, -0.05) is 36.1 Å². The quantitative estimate of drug-likeness (QED) is 0.538. The van der Waals surface area contributed by atoms with Crippen LogP contribution < -0.4 is 0 Å².